The molecule has 20 heavy (non-hydrogen) atoms. The van der Waals surface area contributed by atoms with Gasteiger partial charge in [0.15, 0.2) is 0 Å². The summed E-state index contributed by atoms with van der Waals surface area (Å²) in [6.07, 6.45) is 4.01. The summed E-state index contributed by atoms with van der Waals surface area (Å²) in [6.45, 7) is 6.65. The average molecular weight is 282 g/mol. The molecule has 0 saturated carbocycles. The van der Waals surface area contributed by atoms with E-state index in [4.69, 9.17) is 0 Å². The Morgan fingerprint density at radius 3 is 2.45 bits per heavy atom. The lowest BCUT2D eigenvalue weighted by molar-refractivity contribution is -0.157. The number of likely N-dealkylation sites (tertiary alicyclic amines) is 1. The van der Waals surface area contributed by atoms with Gasteiger partial charge in [0, 0.05) is 13.1 Å². The van der Waals surface area contributed by atoms with Gasteiger partial charge in [0.1, 0.15) is 0 Å². The van der Waals surface area contributed by atoms with Gasteiger partial charge < -0.3 is 15.3 Å². The van der Waals surface area contributed by atoms with E-state index in [0.29, 0.717) is 19.5 Å². The summed E-state index contributed by atoms with van der Waals surface area (Å²) in [5.41, 5.74) is -1.06. The monoisotopic (exact) mass is 282 g/mol. The fraction of sp³-hybridized carbons (Fsp3) is 0.867. The first kappa shape index (κ1) is 15.3. The first-order chi connectivity index (χ1) is 9.43. The number of carboxylic acids is 1. The number of nitrogens with zero attached hydrogens (tertiary/aromatic N) is 1. The number of amides is 1. The lowest BCUT2D eigenvalue weighted by Crippen LogP contribution is -2.54. The number of piperidine rings is 2. The largest absolute Gasteiger partial charge is 0.481 e. The highest BCUT2D eigenvalue weighted by Crippen LogP contribution is 2.38. The SMILES string of the molecule is CCC1(C(=O)N2CCCC(C)(C(=O)O)C2)CCNCC1. The lowest BCUT2D eigenvalue weighted by Gasteiger charge is -2.44. The van der Waals surface area contributed by atoms with E-state index in [1.165, 1.54) is 0 Å². The van der Waals surface area contributed by atoms with Crippen molar-refractivity contribution in [2.75, 3.05) is 26.2 Å². The predicted octanol–water partition coefficient (Wildman–Crippen LogP) is 1.48. The Morgan fingerprint density at radius 1 is 1.25 bits per heavy atom. The molecule has 0 spiro atoms. The number of carbonyl (C=O) groups excluding carboxylic acids is 1. The molecule has 0 aromatic heterocycles. The molecule has 2 aliphatic heterocycles. The van der Waals surface area contributed by atoms with E-state index in [2.05, 4.69) is 12.2 Å². The van der Waals surface area contributed by atoms with Crippen molar-refractivity contribution in [3.05, 3.63) is 0 Å². The molecule has 0 aromatic carbocycles. The van der Waals surface area contributed by atoms with Gasteiger partial charge in [-0.2, -0.15) is 0 Å². The fourth-order valence-corrected chi connectivity index (χ4v) is 3.55. The summed E-state index contributed by atoms with van der Waals surface area (Å²) in [4.78, 5) is 26.2. The van der Waals surface area contributed by atoms with Gasteiger partial charge in [-0.25, -0.2) is 0 Å². The highest BCUT2D eigenvalue weighted by Gasteiger charge is 2.45. The summed E-state index contributed by atoms with van der Waals surface area (Å²) in [6, 6.07) is 0. The van der Waals surface area contributed by atoms with E-state index in [-0.39, 0.29) is 11.3 Å². The van der Waals surface area contributed by atoms with Crippen molar-refractivity contribution < 1.29 is 14.7 Å². The maximum Gasteiger partial charge on any atom is 0.311 e. The van der Waals surface area contributed by atoms with Crippen LogP contribution in [0.2, 0.25) is 0 Å². The minimum absolute atomic E-state index is 0.175. The number of nitrogens with one attached hydrogen (secondary N) is 1. The standard InChI is InChI=1S/C15H26N2O3/c1-3-15(6-8-16-9-7-15)12(18)17-10-4-5-14(2,11-17)13(19)20/h16H,3-11H2,1-2H3,(H,19,20). The van der Waals surface area contributed by atoms with Crippen molar-refractivity contribution >= 4 is 11.9 Å². The lowest BCUT2D eigenvalue weighted by atomic mass is 9.74. The third-order valence-electron chi connectivity index (χ3n) is 5.19. The van der Waals surface area contributed by atoms with Crippen LogP contribution in [0, 0.1) is 10.8 Å². The van der Waals surface area contributed by atoms with Crippen molar-refractivity contribution in [1.29, 1.82) is 0 Å². The fourth-order valence-electron chi connectivity index (χ4n) is 3.55. The Balaban J connectivity index is 2.13. The molecule has 0 bridgehead atoms. The zero-order valence-electron chi connectivity index (χ0n) is 12.6. The summed E-state index contributed by atoms with van der Waals surface area (Å²) in [7, 11) is 0. The minimum Gasteiger partial charge on any atom is -0.481 e. The van der Waals surface area contributed by atoms with Gasteiger partial charge in [-0.1, -0.05) is 6.92 Å². The van der Waals surface area contributed by atoms with Crippen LogP contribution < -0.4 is 5.32 Å². The van der Waals surface area contributed by atoms with E-state index in [1.807, 2.05) is 4.90 Å². The second-order valence-electron chi connectivity index (χ2n) is 6.58. The van der Waals surface area contributed by atoms with Crippen LogP contribution in [0.4, 0.5) is 0 Å². The quantitative estimate of drug-likeness (QED) is 0.822. The molecule has 0 aromatic rings. The van der Waals surface area contributed by atoms with E-state index in [0.717, 1.165) is 38.8 Å². The Morgan fingerprint density at radius 2 is 1.90 bits per heavy atom. The maximum absolute atomic E-state index is 12.9. The summed E-state index contributed by atoms with van der Waals surface area (Å²) in [5.74, 6) is -0.612. The van der Waals surface area contributed by atoms with E-state index >= 15 is 0 Å². The van der Waals surface area contributed by atoms with Crippen molar-refractivity contribution in [2.45, 2.75) is 46.0 Å². The molecule has 114 valence electrons. The van der Waals surface area contributed by atoms with E-state index in [9.17, 15) is 14.7 Å². The second-order valence-corrected chi connectivity index (χ2v) is 6.58. The van der Waals surface area contributed by atoms with Crippen molar-refractivity contribution in [3.8, 4) is 0 Å². The number of hydrogen-bond donors (Lipinski definition) is 2. The van der Waals surface area contributed by atoms with Gasteiger partial charge in [0.05, 0.1) is 10.8 Å². The van der Waals surface area contributed by atoms with Crippen LogP contribution in [-0.2, 0) is 9.59 Å². The van der Waals surface area contributed by atoms with Gasteiger partial charge in [-0.3, -0.25) is 9.59 Å². The first-order valence-electron chi connectivity index (χ1n) is 7.67. The van der Waals surface area contributed by atoms with Gasteiger partial charge in [0.25, 0.3) is 0 Å². The van der Waals surface area contributed by atoms with E-state index < -0.39 is 11.4 Å². The third kappa shape index (κ3) is 2.68. The molecule has 2 fully saturated rings. The van der Waals surface area contributed by atoms with Crippen molar-refractivity contribution in [1.82, 2.24) is 10.2 Å². The molecule has 5 heteroatoms. The Labute approximate surface area is 120 Å². The van der Waals surface area contributed by atoms with Crippen LogP contribution in [0.15, 0.2) is 0 Å². The molecule has 5 nitrogen and oxygen atoms in total. The smallest absolute Gasteiger partial charge is 0.311 e. The first-order valence-corrected chi connectivity index (χ1v) is 7.67. The molecular weight excluding hydrogens is 256 g/mol. The maximum atomic E-state index is 12.9. The molecule has 2 rings (SSSR count). The van der Waals surface area contributed by atoms with Gasteiger partial charge in [0.2, 0.25) is 5.91 Å². The van der Waals surface area contributed by atoms with Crippen molar-refractivity contribution in [3.63, 3.8) is 0 Å². The predicted molar refractivity (Wildman–Crippen MR) is 76.4 cm³/mol. The highest BCUT2D eigenvalue weighted by atomic mass is 16.4. The van der Waals surface area contributed by atoms with Crippen LogP contribution in [0.3, 0.4) is 0 Å². The topological polar surface area (TPSA) is 69.6 Å². The zero-order valence-corrected chi connectivity index (χ0v) is 12.6. The second kappa shape index (κ2) is 5.72. The average Bonchev–Trinajstić information content (AvgIpc) is 2.47. The molecule has 1 unspecified atom stereocenters. The molecule has 1 amide bonds. The summed E-state index contributed by atoms with van der Waals surface area (Å²) in [5, 5.41) is 12.7. The molecule has 2 heterocycles. The Hall–Kier alpha value is -1.10. The highest BCUT2D eigenvalue weighted by molar-refractivity contribution is 5.84. The number of carboxylic acid groups (broad SMARTS) is 1. The van der Waals surface area contributed by atoms with Crippen LogP contribution >= 0.6 is 0 Å². The van der Waals surface area contributed by atoms with Crippen LogP contribution in [0.1, 0.15) is 46.0 Å². The number of hydrogen-bond acceptors (Lipinski definition) is 3. The number of rotatable bonds is 3. The Bertz CT molecular complexity index is 391. The number of aliphatic carboxylic acids is 1. The molecule has 0 radical (unpaired) electrons. The van der Waals surface area contributed by atoms with Crippen LogP contribution in [0.5, 0.6) is 0 Å². The van der Waals surface area contributed by atoms with Crippen LogP contribution in [0.25, 0.3) is 0 Å². The van der Waals surface area contributed by atoms with Gasteiger partial charge in [-0.05, 0) is 52.1 Å². The molecule has 2 saturated heterocycles. The van der Waals surface area contributed by atoms with Crippen molar-refractivity contribution in [2.24, 2.45) is 10.8 Å². The van der Waals surface area contributed by atoms with Gasteiger partial charge >= 0.3 is 5.97 Å². The molecule has 1 atom stereocenters. The third-order valence-corrected chi connectivity index (χ3v) is 5.19. The minimum atomic E-state index is -0.786. The molecule has 2 N–H and O–H groups in total. The van der Waals surface area contributed by atoms with Crippen LogP contribution in [-0.4, -0.2) is 48.1 Å². The summed E-state index contributed by atoms with van der Waals surface area (Å²) >= 11 is 0. The molecular formula is C15H26N2O3. The van der Waals surface area contributed by atoms with Gasteiger partial charge in [-0.15, -0.1) is 0 Å². The molecule has 2 aliphatic rings. The Kier molecular flexibility index (Phi) is 4.37. The summed E-state index contributed by atoms with van der Waals surface area (Å²) < 4.78 is 0. The van der Waals surface area contributed by atoms with E-state index in [1.54, 1.807) is 6.92 Å². The molecule has 0 aliphatic carbocycles. The number of carbonyl (C=O) groups is 2. The zero-order chi connectivity index (χ0) is 14.8. The normalized spacial score (nSPS) is 30.0.